The molecule has 0 aromatic heterocycles. The molecule has 1 saturated carbocycles. The van der Waals surface area contributed by atoms with Crippen molar-refractivity contribution < 1.29 is 0 Å². The highest BCUT2D eigenvalue weighted by Gasteiger charge is 2.43. The van der Waals surface area contributed by atoms with Gasteiger partial charge in [0.15, 0.2) is 0 Å². The fourth-order valence-corrected chi connectivity index (χ4v) is 3.37. The van der Waals surface area contributed by atoms with Crippen molar-refractivity contribution in [3.05, 3.63) is 59.2 Å². The fraction of sp³-hybridized carbons (Fsp3) is 0.235. The van der Waals surface area contributed by atoms with Gasteiger partial charge < -0.3 is 0 Å². The number of hydrogen-bond acceptors (Lipinski definition) is 1. The molecule has 1 fully saturated rings. The molecule has 0 saturated heterocycles. The largest absolute Gasteiger partial charge is 0.192 e. The predicted molar refractivity (Wildman–Crippen MR) is 71.1 cm³/mol. The Morgan fingerprint density at radius 3 is 2.72 bits per heavy atom. The molecule has 0 radical (unpaired) electrons. The molecule has 2 unspecified atom stereocenters. The molecule has 4 rings (SSSR count). The molecule has 0 amide bonds. The number of nitrogens with zero attached hydrogens (tertiary/aromatic N) is 1. The van der Waals surface area contributed by atoms with Crippen molar-refractivity contribution in [2.75, 3.05) is 0 Å². The summed E-state index contributed by atoms with van der Waals surface area (Å²) in [4.78, 5) is 0. The summed E-state index contributed by atoms with van der Waals surface area (Å²) in [5.41, 5.74) is 6.23. The molecule has 0 bridgehead atoms. The number of benzene rings is 2. The lowest BCUT2D eigenvalue weighted by molar-refractivity contribution is 0.804. The molecular weight excluding hydrogens is 218 g/mol. The third-order valence-corrected chi connectivity index (χ3v) is 4.31. The van der Waals surface area contributed by atoms with Gasteiger partial charge in [-0.2, -0.15) is 5.26 Å². The zero-order valence-corrected chi connectivity index (χ0v) is 10.1. The average Bonchev–Trinajstić information content (AvgIpc) is 3.17. The quantitative estimate of drug-likeness (QED) is 0.675. The van der Waals surface area contributed by atoms with Crippen LogP contribution in [0.1, 0.15) is 29.0 Å². The van der Waals surface area contributed by atoms with Crippen LogP contribution in [0.15, 0.2) is 42.5 Å². The zero-order valence-electron chi connectivity index (χ0n) is 10.1. The van der Waals surface area contributed by atoms with Gasteiger partial charge in [-0.1, -0.05) is 36.4 Å². The molecule has 2 aromatic rings. The Balaban J connectivity index is 2.06. The molecule has 1 heteroatoms. The molecule has 2 atom stereocenters. The van der Waals surface area contributed by atoms with Crippen LogP contribution in [0.25, 0.3) is 11.1 Å². The Bertz CT molecular complexity index is 678. The monoisotopic (exact) mass is 231 g/mol. The molecule has 0 N–H and O–H groups in total. The van der Waals surface area contributed by atoms with Crippen LogP contribution in [0.2, 0.25) is 0 Å². The van der Waals surface area contributed by atoms with Crippen molar-refractivity contribution in [2.24, 2.45) is 5.92 Å². The van der Waals surface area contributed by atoms with Gasteiger partial charge in [-0.15, -0.1) is 0 Å². The van der Waals surface area contributed by atoms with Gasteiger partial charge in [0.05, 0.1) is 11.6 Å². The van der Waals surface area contributed by atoms with E-state index in [9.17, 15) is 5.26 Å². The van der Waals surface area contributed by atoms with Crippen LogP contribution in [-0.2, 0) is 6.42 Å². The van der Waals surface area contributed by atoms with Crippen LogP contribution in [0.3, 0.4) is 0 Å². The van der Waals surface area contributed by atoms with E-state index >= 15 is 0 Å². The van der Waals surface area contributed by atoms with E-state index in [0.717, 1.165) is 11.5 Å². The minimum Gasteiger partial charge on any atom is -0.192 e. The van der Waals surface area contributed by atoms with Gasteiger partial charge in [-0.25, -0.2) is 0 Å². The minimum atomic E-state index is 0.614. The summed E-state index contributed by atoms with van der Waals surface area (Å²) in [6.07, 6.45) is 2.42. The molecule has 86 valence electrons. The normalized spacial score (nSPS) is 23.1. The van der Waals surface area contributed by atoms with Crippen molar-refractivity contribution in [3.63, 3.8) is 0 Å². The Hall–Kier alpha value is -2.07. The lowest BCUT2D eigenvalue weighted by atomic mass is 9.92. The molecule has 0 heterocycles. The summed E-state index contributed by atoms with van der Waals surface area (Å²) < 4.78 is 0. The zero-order chi connectivity index (χ0) is 12.1. The topological polar surface area (TPSA) is 23.8 Å². The first-order valence-corrected chi connectivity index (χ1v) is 6.50. The molecular formula is C17H13N. The van der Waals surface area contributed by atoms with Gasteiger partial charge in [0.25, 0.3) is 0 Å². The van der Waals surface area contributed by atoms with Crippen LogP contribution in [-0.4, -0.2) is 0 Å². The van der Waals surface area contributed by atoms with Gasteiger partial charge in [0.1, 0.15) is 0 Å². The maximum absolute atomic E-state index is 9.32. The summed E-state index contributed by atoms with van der Waals surface area (Å²) in [7, 11) is 0. The standard InChI is InChI=1S/C17H13N/c18-10-12-5-3-7-15-14-6-2-1-4-11(14)8-13-9-16(13)17(12)15/h1-7,13,16H,8-9H2. The van der Waals surface area contributed by atoms with Crippen LogP contribution in [0, 0.1) is 17.2 Å². The van der Waals surface area contributed by atoms with E-state index in [0.29, 0.717) is 5.92 Å². The number of hydrogen-bond donors (Lipinski definition) is 0. The second kappa shape index (κ2) is 3.46. The van der Waals surface area contributed by atoms with Crippen molar-refractivity contribution in [3.8, 4) is 17.2 Å². The number of fused-ring (bicyclic) bond motifs is 5. The summed E-state index contributed by atoms with van der Waals surface area (Å²) in [6, 6.07) is 17.2. The Kier molecular flexibility index (Phi) is 1.91. The van der Waals surface area contributed by atoms with E-state index in [-0.39, 0.29) is 0 Å². The van der Waals surface area contributed by atoms with Gasteiger partial charge in [0, 0.05) is 0 Å². The second-order valence-electron chi connectivity index (χ2n) is 5.34. The first-order chi connectivity index (χ1) is 8.88. The molecule has 1 nitrogen and oxygen atoms in total. The van der Waals surface area contributed by atoms with Gasteiger partial charge >= 0.3 is 0 Å². The van der Waals surface area contributed by atoms with Gasteiger partial charge in [-0.05, 0) is 53.0 Å². The van der Waals surface area contributed by atoms with E-state index in [1.807, 2.05) is 12.1 Å². The maximum Gasteiger partial charge on any atom is 0.0994 e. The maximum atomic E-state index is 9.32. The van der Waals surface area contributed by atoms with Crippen molar-refractivity contribution in [1.29, 1.82) is 5.26 Å². The second-order valence-corrected chi connectivity index (χ2v) is 5.34. The van der Waals surface area contributed by atoms with Crippen LogP contribution >= 0.6 is 0 Å². The lowest BCUT2D eigenvalue weighted by Crippen LogP contribution is -1.92. The SMILES string of the molecule is N#Cc1cccc2c1C1CC1Cc1ccccc1-2. The molecule has 2 aliphatic carbocycles. The fourth-order valence-electron chi connectivity index (χ4n) is 3.37. The minimum absolute atomic E-state index is 0.614. The van der Waals surface area contributed by atoms with Gasteiger partial charge in [-0.3, -0.25) is 0 Å². The summed E-state index contributed by atoms with van der Waals surface area (Å²) in [5.74, 6) is 1.37. The smallest absolute Gasteiger partial charge is 0.0994 e. The number of rotatable bonds is 0. The average molecular weight is 231 g/mol. The Morgan fingerprint density at radius 1 is 1.00 bits per heavy atom. The summed E-state index contributed by atoms with van der Waals surface area (Å²) in [5, 5.41) is 9.32. The highest BCUT2D eigenvalue weighted by atomic mass is 14.5. The first-order valence-electron chi connectivity index (χ1n) is 6.50. The Labute approximate surface area is 107 Å². The highest BCUT2D eigenvalue weighted by molar-refractivity contribution is 5.76. The Morgan fingerprint density at radius 2 is 1.83 bits per heavy atom. The first kappa shape index (κ1) is 9.91. The third-order valence-electron chi connectivity index (χ3n) is 4.31. The predicted octanol–water partition coefficient (Wildman–Crippen LogP) is 3.88. The highest BCUT2D eigenvalue weighted by Crippen LogP contribution is 2.55. The van der Waals surface area contributed by atoms with E-state index in [1.165, 1.54) is 35.1 Å². The lowest BCUT2D eigenvalue weighted by Gasteiger charge is -2.11. The van der Waals surface area contributed by atoms with Crippen LogP contribution in [0.4, 0.5) is 0 Å². The molecule has 0 spiro atoms. The van der Waals surface area contributed by atoms with Crippen molar-refractivity contribution in [1.82, 2.24) is 0 Å². The van der Waals surface area contributed by atoms with E-state index in [1.54, 1.807) is 0 Å². The molecule has 2 aliphatic rings. The van der Waals surface area contributed by atoms with Crippen molar-refractivity contribution >= 4 is 0 Å². The van der Waals surface area contributed by atoms with Crippen LogP contribution in [0.5, 0.6) is 0 Å². The van der Waals surface area contributed by atoms with Gasteiger partial charge in [0.2, 0.25) is 0 Å². The summed E-state index contributed by atoms with van der Waals surface area (Å²) >= 11 is 0. The molecule has 0 aliphatic heterocycles. The van der Waals surface area contributed by atoms with E-state index in [4.69, 9.17) is 0 Å². The molecule has 18 heavy (non-hydrogen) atoms. The van der Waals surface area contributed by atoms with E-state index in [2.05, 4.69) is 36.4 Å². The van der Waals surface area contributed by atoms with Crippen molar-refractivity contribution in [2.45, 2.75) is 18.8 Å². The van der Waals surface area contributed by atoms with E-state index < -0.39 is 0 Å². The van der Waals surface area contributed by atoms with Crippen LogP contribution < -0.4 is 0 Å². The number of nitriles is 1. The summed E-state index contributed by atoms with van der Waals surface area (Å²) in [6.45, 7) is 0. The molecule has 2 aromatic carbocycles. The third kappa shape index (κ3) is 1.26.